The van der Waals surface area contributed by atoms with Crippen molar-refractivity contribution >= 4 is 36.1 Å². The number of nitrogens with one attached hydrogen (secondary N) is 1. The Bertz CT molecular complexity index is 1250. The van der Waals surface area contributed by atoms with Crippen LogP contribution in [-0.2, 0) is 32.3 Å². The quantitative estimate of drug-likeness (QED) is 0.420. The first kappa shape index (κ1) is 26.1. The van der Waals surface area contributed by atoms with Gasteiger partial charge in [-0.2, -0.15) is 5.10 Å². The van der Waals surface area contributed by atoms with Gasteiger partial charge in [0.1, 0.15) is 36.7 Å². The van der Waals surface area contributed by atoms with Crippen molar-refractivity contribution in [3.8, 4) is 0 Å². The maximum absolute atomic E-state index is 14.0. The van der Waals surface area contributed by atoms with Crippen LogP contribution in [0.1, 0.15) is 17.5 Å². The topological polar surface area (TPSA) is 120 Å². The molecule has 12 heteroatoms. The van der Waals surface area contributed by atoms with E-state index in [0.29, 0.717) is 5.16 Å². The number of nitrogens with zero attached hydrogens (tertiary/aromatic N) is 2. The predicted octanol–water partition coefficient (Wildman–Crippen LogP) is 3.42. The minimum absolute atomic E-state index is 0. The van der Waals surface area contributed by atoms with Crippen molar-refractivity contribution in [3.63, 3.8) is 0 Å². The largest absolute Gasteiger partial charge is 0.460 e. The molecule has 0 saturated heterocycles. The van der Waals surface area contributed by atoms with E-state index in [-0.39, 0.29) is 54.3 Å². The number of carbonyl (C=O) groups excluding carboxylic acids is 2. The number of carbonyl (C=O) groups is 2. The zero-order valence-corrected chi connectivity index (χ0v) is 20.4. The van der Waals surface area contributed by atoms with Gasteiger partial charge in [0.2, 0.25) is 0 Å². The number of halogens is 3. The van der Waals surface area contributed by atoms with Gasteiger partial charge in [-0.1, -0.05) is 48.2 Å². The van der Waals surface area contributed by atoms with Crippen molar-refractivity contribution in [2.75, 3.05) is 0 Å². The molecule has 1 aromatic heterocycles. The number of fused-ring (bicyclic) bond motifs is 1. The van der Waals surface area contributed by atoms with Crippen molar-refractivity contribution in [1.29, 1.82) is 0 Å². The molecule has 2 aromatic carbocycles. The molecule has 2 saturated carbocycles. The van der Waals surface area contributed by atoms with Crippen LogP contribution in [0.25, 0.3) is 0 Å². The summed E-state index contributed by atoms with van der Waals surface area (Å²) < 4.78 is 38.7. The highest BCUT2D eigenvalue weighted by atomic mass is 35.5. The second kappa shape index (κ2) is 10.5. The molecule has 8 nitrogen and oxygen atoms in total. The molecule has 0 spiro atoms. The van der Waals surface area contributed by atoms with Gasteiger partial charge in [-0.25, -0.2) is 13.8 Å². The van der Waals surface area contributed by atoms with Crippen LogP contribution < -0.4 is 5.73 Å². The van der Waals surface area contributed by atoms with E-state index in [2.05, 4.69) is 15.2 Å². The second-order valence-corrected chi connectivity index (χ2v) is 9.91. The maximum atomic E-state index is 14.0. The summed E-state index contributed by atoms with van der Waals surface area (Å²) in [6, 6.07) is 12.0. The van der Waals surface area contributed by atoms with E-state index in [1.807, 2.05) is 0 Å². The fourth-order valence-corrected chi connectivity index (χ4v) is 6.21. The molecule has 2 fully saturated rings. The Balaban J connectivity index is 0.00000304. The normalized spacial score (nSPS) is 26.0. The summed E-state index contributed by atoms with van der Waals surface area (Å²) in [7, 11) is 0. The highest BCUT2D eigenvalue weighted by Crippen LogP contribution is 2.65. The van der Waals surface area contributed by atoms with Crippen LogP contribution in [-0.4, -0.2) is 37.9 Å². The summed E-state index contributed by atoms with van der Waals surface area (Å²) in [6.45, 7) is -0.499. The first-order valence-electron chi connectivity index (χ1n) is 11.0. The summed E-state index contributed by atoms with van der Waals surface area (Å²) in [5.74, 6) is -3.66. The van der Waals surface area contributed by atoms with Crippen LogP contribution in [0.15, 0.2) is 60.0 Å². The Morgan fingerprint density at radius 2 is 1.67 bits per heavy atom. The standard InChI is InChI=1S/C24H22F2N4O4S.ClH/c25-15-7-3-1-5-13(15)10-33-21(31)19-18-17(35-23-28-12-29-30-23)9-24(27,20(18)19)22(32)34-11-14-6-2-4-8-16(14)26;/h1-8,12,17-20H,9-11,27H2,(H,28,29,30);1H/t17-,18-,19-,20-,24-;/m0./s1. The van der Waals surface area contributed by atoms with Gasteiger partial charge in [-0.05, 0) is 24.5 Å². The predicted molar refractivity (Wildman–Crippen MR) is 128 cm³/mol. The Labute approximate surface area is 215 Å². The summed E-state index contributed by atoms with van der Waals surface area (Å²) in [5.41, 5.74) is 5.59. The third-order valence-corrected chi connectivity index (χ3v) is 7.79. The lowest BCUT2D eigenvalue weighted by molar-refractivity contribution is -0.153. The third kappa shape index (κ3) is 4.95. The zero-order chi connectivity index (χ0) is 24.6. The van der Waals surface area contributed by atoms with Gasteiger partial charge < -0.3 is 15.2 Å². The lowest BCUT2D eigenvalue weighted by Gasteiger charge is -2.27. The Kier molecular flexibility index (Phi) is 7.62. The number of hydrogen-bond donors (Lipinski definition) is 2. The highest BCUT2D eigenvalue weighted by Gasteiger charge is 2.74. The number of thioether (sulfide) groups is 1. The van der Waals surface area contributed by atoms with Gasteiger partial charge in [0.25, 0.3) is 0 Å². The number of aromatic nitrogens is 3. The molecule has 3 N–H and O–H groups in total. The van der Waals surface area contributed by atoms with Gasteiger partial charge in [0.15, 0.2) is 5.16 Å². The fraction of sp³-hybridized carbons (Fsp3) is 0.333. The summed E-state index contributed by atoms with van der Waals surface area (Å²) >= 11 is 1.34. The molecule has 3 aromatic rings. The van der Waals surface area contributed by atoms with Crippen LogP contribution in [0.5, 0.6) is 0 Å². The van der Waals surface area contributed by atoms with Crippen molar-refractivity contribution in [1.82, 2.24) is 15.2 Å². The highest BCUT2D eigenvalue weighted by molar-refractivity contribution is 7.99. The van der Waals surface area contributed by atoms with Crippen LogP contribution >= 0.6 is 24.2 Å². The van der Waals surface area contributed by atoms with E-state index in [4.69, 9.17) is 15.2 Å². The first-order chi connectivity index (χ1) is 16.9. The van der Waals surface area contributed by atoms with E-state index in [1.54, 1.807) is 24.3 Å². The molecule has 0 unspecified atom stereocenters. The van der Waals surface area contributed by atoms with Gasteiger partial charge in [-0.15, -0.1) is 12.4 Å². The number of benzene rings is 2. The molecule has 5 rings (SSSR count). The molecule has 1 heterocycles. The zero-order valence-electron chi connectivity index (χ0n) is 18.8. The molecule has 190 valence electrons. The average molecular weight is 537 g/mol. The van der Waals surface area contributed by atoms with Crippen LogP contribution in [0.3, 0.4) is 0 Å². The van der Waals surface area contributed by atoms with Gasteiger partial charge >= 0.3 is 11.9 Å². The Morgan fingerprint density at radius 1 is 1.06 bits per heavy atom. The molecule has 0 aliphatic heterocycles. The SMILES string of the molecule is Cl.N[C@@]1(C(=O)OCc2ccccc2F)C[C@H](Sc2ncn[nH]2)[C@H]2[C@H](C(=O)OCc3ccccc3F)[C@H]21. The first-order valence-corrected chi connectivity index (χ1v) is 11.9. The molecule has 5 atom stereocenters. The van der Waals surface area contributed by atoms with Gasteiger partial charge in [0.05, 0.1) is 5.92 Å². The van der Waals surface area contributed by atoms with E-state index in [0.717, 1.165) is 0 Å². The van der Waals surface area contributed by atoms with Crippen molar-refractivity contribution in [2.24, 2.45) is 23.5 Å². The van der Waals surface area contributed by atoms with Crippen LogP contribution in [0.4, 0.5) is 8.78 Å². The lowest BCUT2D eigenvalue weighted by Crippen LogP contribution is -2.51. The van der Waals surface area contributed by atoms with Crippen LogP contribution in [0.2, 0.25) is 0 Å². The number of hydrogen-bond acceptors (Lipinski definition) is 8. The number of nitrogens with two attached hydrogens (primary N) is 1. The number of rotatable bonds is 8. The van der Waals surface area contributed by atoms with E-state index < -0.39 is 40.9 Å². The van der Waals surface area contributed by atoms with Crippen molar-refractivity contribution < 1.29 is 27.8 Å². The van der Waals surface area contributed by atoms with Crippen LogP contribution in [0, 0.1) is 29.4 Å². The third-order valence-electron chi connectivity index (χ3n) is 6.59. The number of aromatic amines is 1. The summed E-state index contributed by atoms with van der Waals surface area (Å²) in [4.78, 5) is 30.2. The molecule has 2 aliphatic rings. The molecule has 0 amide bonds. The van der Waals surface area contributed by atoms with E-state index >= 15 is 0 Å². The molecule has 0 bridgehead atoms. The Hall–Kier alpha value is -3.02. The average Bonchev–Trinajstić information content (AvgIpc) is 3.27. The molecule has 0 radical (unpaired) electrons. The van der Waals surface area contributed by atoms with Gasteiger partial charge in [-0.3, -0.25) is 14.7 Å². The van der Waals surface area contributed by atoms with Crippen molar-refractivity contribution in [2.45, 2.75) is 35.6 Å². The minimum atomic E-state index is -1.46. The summed E-state index contributed by atoms with van der Waals surface area (Å²) in [6.07, 6.45) is 1.60. The molecular weight excluding hydrogens is 514 g/mol. The second-order valence-electron chi connectivity index (χ2n) is 8.69. The number of esters is 2. The fourth-order valence-electron chi connectivity index (χ4n) is 4.86. The van der Waals surface area contributed by atoms with Gasteiger partial charge in [0, 0.05) is 22.3 Å². The van der Waals surface area contributed by atoms with E-state index in [9.17, 15) is 18.4 Å². The minimum Gasteiger partial charge on any atom is -0.460 e. The molecule has 2 aliphatic carbocycles. The lowest BCUT2D eigenvalue weighted by atomic mass is 9.91. The number of ether oxygens (including phenoxy) is 2. The summed E-state index contributed by atoms with van der Waals surface area (Å²) in [5, 5.41) is 6.88. The smallest absolute Gasteiger partial charge is 0.326 e. The van der Waals surface area contributed by atoms with Crippen molar-refractivity contribution in [3.05, 3.63) is 77.6 Å². The monoisotopic (exact) mass is 536 g/mol. The van der Waals surface area contributed by atoms with E-state index in [1.165, 1.54) is 42.4 Å². The molecular formula is C24H23ClF2N4O4S. The Morgan fingerprint density at radius 3 is 2.25 bits per heavy atom. The maximum Gasteiger partial charge on any atom is 0.326 e. The molecule has 36 heavy (non-hydrogen) atoms. The number of H-pyrrole nitrogens is 1.